The molecule has 1 aliphatic carbocycles. The second-order valence-corrected chi connectivity index (χ2v) is 7.49. The van der Waals surface area contributed by atoms with E-state index in [0.717, 1.165) is 24.4 Å². The van der Waals surface area contributed by atoms with Crippen molar-refractivity contribution in [3.8, 4) is 0 Å². The van der Waals surface area contributed by atoms with Crippen molar-refractivity contribution in [2.24, 2.45) is 0 Å². The average molecular weight is 289 g/mol. The second kappa shape index (κ2) is 5.44. The molecule has 0 radical (unpaired) electrons. The van der Waals surface area contributed by atoms with Gasteiger partial charge in [0.2, 0.25) is 0 Å². The number of nitrogens with two attached hydrogens (primary N) is 1. The Kier molecular flexibility index (Phi) is 4.11. The summed E-state index contributed by atoms with van der Waals surface area (Å²) in [7, 11) is -3.31. The van der Waals surface area contributed by atoms with Crippen molar-refractivity contribution < 1.29 is 8.42 Å². The van der Waals surface area contributed by atoms with Crippen LogP contribution in [0.15, 0.2) is 4.90 Å². The van der Waals surface area contributed by atoms with E-state index in [1.54, 1.807) is 0 Å². The van der Waals surface area contributed by atoms with Crippen LogP contribution in [-0.2, 0) is 9.84 Å². The Bertz CT molecular complexity index is 504. The quantitative estimate of drug-likeness (QED) is 0.868. The zero-order valence-electron chi connectivity index (χ0n) is 10.5. The Balaban J connectivity index is 2.26. The first kappa shape index (κ1) is 13.6. The van der Waals surface area contributed by atoms with Crippen molar-refractivity contribution in [1.29, 1.82) is 0 Å². The number of rotatable bonds is 5. The summed E-state index contributed by atoms with van der Waals surface area (Å²) in [6, 6.07) is 0.362. The zero-order valence-corrected chi connectivity index (χ0v) is 12.1. The van der Waals surface area contributed by atoms with Crippen molar-refractivity contribution in [3.63, 3.8) is 0 Å². The lowest BCUT2D eigenvalue weighted by Gasteiger charge is -2.13. The second-order valence-electron chi connectivity index (χ2n) is 4.67. The number of nitrogens with one attached hydrogen (secondary N) is 1. The van der Waals surface area contributed by atoms with Gasteiger partial charge in [-0.2, -0.15) is 4.37 Å². The summed E-state index contributed by atoms with van der Waals surface area (Å²) >= 11 is 1.15. The number of nitrogen functional groups attached to an aromatic ring is 1. The summed E-state index contributed by atoms with van der Waals surface area (Å²) in [6.45, 7) is 1.84. The molecule has 0 aromatic carbocycles. The summed E-state index contributed by atoms with van der Waals surface area (Å²) in [6.07, 6.45) is 5.16. The van der Waals surface area contributed by atoms with Crippen molar-refractivity contribution in [2.45, 2.75) is 50.0 Å². The molecule has 1 heterocycles. The van der Waals surface area contributed by atoms with Crippen LogP contribution in [0.4, 0.5) is 10.8 Å². The van der Waals surface area contributed by atoms with Gasteiger partial charge in [0.25, 0.3) is 0 Å². The molecule has 1 aromatic rings. The predicted molar refractivity (Wildman–Crippen MR) is 74.7 cm³/mol. The first-order chi connectivity index (χ1) is 8.54. The normalized spacial score (nSPS) is 17.2. The van der Waals surface area contributed by atoms with Crippen molar-refractivity contribution in [1.82, 2.24) is 4.37 Å². The molecular formula is C11H19N3O2S2. The summed E-state index contributed by atoms with van der Waals surface area (Å²) in [5.74, 6) is 0.253. The van der Waals surface area contributed by atoms with Gasteiger partial charge in [0, 0.05) is 6.04 Å². The number of nitrogens with zero attached hydrogens (tertiary/aromatic N) is 1. The highest BCUT2D eigenvalue weighted by atomic mass is 32.2. The molecule has 1 aromatic heterocycles. The predicted octanol–water partition coefficient (Wildman–Crippen LogP) is 2.26. The number of anilines is 2. The number of hydrogen-bond donors (Lipinski definition) is 2. The first-order valence-corrected chi connectivity index (χ1v) is 8.71. The molecule has 102 valence electrons. The molecular weight excluding hydrogens is 270 g/mol. The molecule has 5 nitrogen and oxygen atoms in total. The van der Waals surface area contributed by atoms with Gasteiger partial charge in [-0.1, -0.05) is 19.8 Å². The minimum atomic E-state index is -3.31. The third kappa shape index (κ3) is 2.77. The third-order valence-corrected chi connectivity index (χ3v) is 6.05. The van der Waals surface area contributed by atoms with E-state index in [9.17, 15) is 8.42 Å². The van der Waals surface area contributed by atoms with Crippen LogP contribution in [0.25, 0.3) is 0 Å². The Hall–Kier alpha value is -0.820. The maximum Gasteiger partial charge on any atom is 0.185 e. The van der Waals surface area contributed by atoms with Crippen LogP contribution >= 0.6 is 11.5 Å². The van der Waals surface area contributed by atoms with Gasteiger partial charge >= 0.3 is 0 Å². The largest absolute Gasteiger partial charge is 0.382 e. The molecule has 7 heteroatoms. The number of aromatic nitrogens is 1. The maximum atomic E-state index is 12.2. The molecule has 0 amide bonds. The maximum absolute atomic E-state index is 12.2. The van der Waals surface area contributed by atoms with Crippen molar-refractivity contribution >= 4 is 32.2 Å². The highest BCUT2D eigenvalue weighted by Gasteiger charge is 2.26. The monoisotopic (exact) mass is 289 g/mol. The summed E-state index contributed by atoms with van der Waals surface area (Å²) in [4.78, 5) is 0.209. The van der Waals surface area contributed by atoms with E-state index in [1.807, 2.05) is 6.92 Å². The van der Waals surface area contributed by atoms with Crippen LogP contribution in [0.1, 0.15) is 39.0 Å². The lowest BCUT2D eigenvalue weighted by Crippen LogP contribution is -2.17. The van der Waals surface area contributed by atoms with Crippen LogP contribution in [0.3, 0.4) is 0 Å². The third-order valence-electron chi connectivity index (χ3n) is 3.15. The van der Waals surface area contributed by atoms with Gasteiger partial charge in [0.05, 0.1) is 5.75 Å². The van der Waals surface area contributed by atoms with Crippen molar-refractivity contribution in [2.75, 3.05) is 16.8 Å². The van der Waals surface area contributed by atoms with Crippen LogP contribution in [0.2, 0.25) is 0 Å². The van der Waals surface area contributed by atoms with E-state index in [-0.39, 0.29) is 16.5 Å². The minimum Gasteiger partial charge on any atom is -0.382 e. The van der Waals surface area contributed by atoms with Gasteiger partial charge in [-0.25, -0.2) is 8.42 Å². The van der Waals surface area contributed by atoms with E-state index in [2.05, 4.69) is 9.69 Å². The van der Waals surface area contributed by atoms with Crippen LogP contribution in [0.5, 0.6) is 0 Å². The highest BCUT2D eigenvalue weighted by Crippen LogP contribution is 2.34. The molecule has 1 aliphatic rings. The molecule has 2 rings (SSSR count). The molecule has 0 saturated heterocycles. The Morgan fingerprint density at radius 3 is 2.72 bits per heavy atom. The van der Waals surface area contributed by atoms with Gasteiger partial charge in [-0.05, 0) is 30.8 Å². The Labute approximate surface area is 112 Å². The Morgan fingerprint density at radius 2 is 2.11 bits per heavy atom. The van der Waals surface area contributed by atoms with E-state index in [0.29, 0.717) is 17.5 Å². The molecule has 1 fully saturated rings. The molecule has 0 bridgehead atoms. The fraction of sp³-hybridized carbons (Fsp3) is 0.727. The van der Waals surface area contributed by atoms with Gasteiger partial charge < -0.3 is 11.1 Å². The fourth-order valence-corrected chi connectivity index (χ4v) is 5.00. The fourth-order valence-electron chi connectivity index (χ4n) is 2.31. The number of sulfone groups is 1. The molecule has 18 heavy (non-hydrogen) atoms. The smallest absolute Gasteiger partial charge is 0.185 e. The molecule has 0 spiro atoms. The SMILES string of the molecule is CCCS(=O)(=O)c1c(N)nsc1NC1CCCC1. The van der Waals surface area contributed by atoms with Gasteiger partial charge in [-0.15, -0.1) is 0 Å². The summed E-state index contributed by atoms with van der Waals surface area (Å²) in [5, 5.41) is 3.91. The Morgan fingerprint density at radius 1 is 1.44 bits per heavy atom. The van der Waals surface area contributed by atoms with E-state index < -0.39 is 9.84 Å². The van der Waals surface area contributed by atoms with E-state index in [1.165, 1.54) is 12.8 Å². The zero-order chi connectivity index (χ0) is 13.2. The lowest BCUT2D eigenvalue weighted by atomic mass is 10.2. The van der Waals surface area contributed by atoms with Gasteiger partial charge in [0.15, 0.2) is 15.7 Å². The topological polar surface area (TPSA) is 85.1 Å². The molecule has 1 saturated carbocycles. The molecule has 0 aliphatic heterocycles. The highest BCUT2D eigenvalue weighted by molar-refractivity contribution is 7.91. The van der Waals surface area contributed by atoms with E-state index >= 15 is 0 Å². The standard InChI is InChI=1S/C11H19N3O2S2/c1-2-7-18(15,16)9-10(12)14-17-11(9)13-8-5-3-4-6-8/h8,13H,2-7H2,1H3,(H2,12,14). The van der Waals surface area contributed by atoms with Crippen LogP contribution in [-0.4, -0.2) is 24.6 Å². The number of hydrogen-bond acceptors (Lipinski definition) is 6. The van der Waals surface area contributed by atoms with Crippen LogP contribution in [0, 0.1) is 0 Å². The minimum absolute atomic E-state index is 0.120. The summed E-state index contributed by atoms with van der Waals surface area (Å²) in [5.41, 5.74) is 5.71. The molecule has 0 unspecified atom stereocenters. The van der Waals surface area contributed by atoms with Gasteiger partial charge in [-0.3, -0.25) is 0 Å². The first-order valence-electron chi connectivity index (χ1n) is 6.29. The summed E-state index contributed by atoms with van der Waals surface area (Å²) < 4.78 is 28.3. The average Bonchev–Trinajstić information content (AvgIpc) is 2.89. The molecule has 0 atom stereocenters. The van der Waals surface area contributed by atoms with Crippen LogP contribution < -0.4 is 11.1 Å². The van der Waals surface area contributed by atoms with E-state index in [4.69, 9.17) is 5.73 Å². The molecule has 3 N–H and O–H groups in total. The van der Waals surface area contributed by atoms with Gasteiger partial charge in [0.1, 0.15) is 9.90 Å². The lowest BCUT2D eigenvalue weighted by molar-refractivity contribution is 0.595. The van der Waals surface area contributed by atoms with Crippen molar-refractivity contribution in [3.05, 3.63) is 0 Å².